The maximum atomic E-state index is 18.1. The summed E-state index contributed by atoms with van der Waals surface area (Å²) in [4.78, 5) is 104. The topological polar surface area (TPSA) is 233 Å². The number of carbonyl (C=O) groups excluding carboxylic acids is 4. The quantitative estimate of drug-likeness (QED) is 0.112. The molecule has 4 amide bonds. The Bertz CT molecular complexity index is 5550. The molecule has 4 atom stereocenters. The number of fused-ring (bicyclic) bond motifs is 12. The van der Waals surface area contributed by atoms with Crippen molar-refractivity contribution in [2.75, 3.05) is 59.9 Å². The molecule has 4 aromatic carbocycles. The number of hydrogen-bond donors (Lipinski definition) is 2. The van der Waals surface area contributed by atoms with Gasteiger partial charge < -0.3 is 38.9 Å². The molecule has 106 heavy (non-hydrogen) atoms. The Labute approximate surface area is 623 Å². The smallest absolute Gasteiger partial charge is 0.410 e. The van der Waals surface area contributed by atoms with Gasteiger partial charge in [0.05, 0.1) is 80.4 Å². The maximum absolute atomic E-state index is 18.1. The van der Waals surface area contributed by atoms with Crippen molar-refractivity contribution in [3.63, 3.8) is 0 Å². The van der Waals surface area contributed by atoms with Crippen LogP contribution in [-0.4, -0.2) is 149 Å². The number of piperazine rings is 2. The molecule has 1 aliphatic carbocycles. The Hall–Kier alpha value is -9.93. The van der Waals surface area contributed by atoms with Crippen LogP contribution < -0.4 is 30.7 Å². The largest absolute Gasteiger partial charge is 0.444 e. The number of carbonyl (C=O) groups is 4. The third-order valence-corrected chi connectivity index (χ3v) is 21.8. The van der Waals surface area contributed by atoms with Gasteiger partial charge in [-0.2, -0.15) is 10.2 Å². The molecule has 0 radical (unpaired) electrons. The molecular formula is C79H85F4IN14O8. The predicted octanol–water partition coefficient (Wildman–Crippen LogP) is 15.0. The summed E-state index contributed by atoms with van der Waals surface area (Å²) in [6, 6.07) is 10.4. The van der Waals surface area contributed by atoms with Gasteiger partial charge >= 0.3 is 12.2 Å². The lowest BCUT2D eigenvalue weighted by Gasteiger charge is -2.50. The number of likely N-dealkylation sites (N-methyl/N-ethyl adjacent to an activating group) is 2. The molecule has 4 aliphatic heterocycles. The van der Waals surface area contributed by atoms with Gasteiger partial charge in [-0.25, -0.2) is 27.2 Å². The predicted molar refractivity (Wildman–Crippen MR) is 410 cm³/mol. The molecule has 6 aromatic heterocycles. The van der Waals surface area contributed by atoms with Gasteiger partial charge in [-0.15, -0.1) is 0 Å². The number of amides is 4. The van der Waals surface area contributed by atoms with Crippen molar-refractivity contribution >= 4 is 113 Å². The number of nitrogens with one attached hydrogen (secondary N) is 2. The number of anilines is 4. The number of H-pyrrole nitrogens is 2. The Morgan fingerprint density at radius 1 is 0.538 bits per heavy atom. The highest BCUT2D eigenvalue weighted by atomic mass is 127. The molecule has 2 N–H and O–H groups in total. The zero-order valence-corrected chi connectivity index (χ0v) is 64.7. The lowest BCUT2D eigenvalue weighted by Crippen LogP contribution is -2.66. The molecule has 0 bridgehead atoms. The molecule has 15 rings (SSSR count). The van der Waals surface area contributed by atoms with E-state index in [-0.39, 0.29) is 99.6 Å². The summed E-state index contributed by atoms with van der Waals surface area (Å²) < 4.78 is 84.7. The van der Waals surface area contributed by atoms with Gasteiger partial charge in [-0.05, 0) is 189 Å². The fraction of sp³-hybridized carbons (Fsp3) is 0.418. The number of aryl methyl sites for hydroxylation is 4. The summed E-state index contributed by atoms with van der Waals surface area (Å²) in [6.45, 7) is 29.3. The molecule has 3 fully saturated rings. The van der Waals surface area contributed by atoms with Crippen molar-refractivity contribution < 1.29 is 46.2 Å². The number of hydrogen-bond acceptors (Lipinski definition) is 14. The minimum Gasteiger partial charge on any atom is -0.444 e. The molecule has 1 saturated carbocycles. The Morgan fingerprint density at radius 3 is 1.33 bits per heavy atom. The average molecular weight is 1560 g/mol. The first-order chi connectivity index (χ1) is 49.9. The van der Waals surface area contributed by atoms with Crippen LogP contribution in [0.5, 0.6) is 0 Å². The van der Waals surface area contributed by atoms with E-state index in [1.165, 1.54) is 55.0 Å². The Balaban J connectivity index is 0.000000178. The van der Waals surface area contributed by atoms with E-state index in [0.29, 0.717) is 81.6 Å². The number of halogens is 5. The van der Waals surface area contributed by atoms with Crippen LogP contribution in [0.4, 0.5) is 49.9 Å². The lowest BCUT2D eigenvalue weighted by molar-refractivity contribution is -0.121. The molecule has 27 heteroatoms. The normalized spacial score (nSPS) is 18.3. The van der Waals surface area contributed by atoms with Crippen LogP contribution in [0.3, 0.4) is 0 Å². The molecule has 22 nitrogen and oxygen atoms in total. The molecule has 10 aromatic rings. The second-order valence-corrected chi connectivity index (χ2v) is 32.5. The summed E-state index contributed by atoms with van der Waals surface area (Å²) in [6.07, 6.45) is 4.04. The van der Waals surface area contributed by atoms with E-state index >= 15 is 27.2 Å². The van der Waals surface area contributed by atoms with E-state index in [1.807, 2.05) is 68.4 Å². The highest BCUT2D eigenvalue weighted by Crippen LogP contribution is 2.51. The number of benzene rings is 4. The van der Waals surface area contributed by atoms with E-state index in [4.69, 9.17) is 9.47 Å². The van der Waals surface area contributed by atoms with Crippen molar-refractivity contribution in [2.24, 2.45) is 0 Å². The summed E-state index contributed by atoms with van der Waals surface area (Å²) in [5, 5.41) is 16.3. The van der Waals surface area contributed by atoms with Gasteiger partial charge in [0, 0.05) is 95.9 Å². The summed E-state index contributed by atoms with van der Waals surface area (Å²) in [5.41, 5.74) is 3.93. The molecule has 0 spiro atoms. The summed E-state index contributed by atoms with van der Waals surface area (Å²) in [7, 11) is 2.98. The highest BCUT2D eigenvalue weighted by molar-refractivity contribution is 14.1. The van der Waals surface area contributed by atoms with Crippen LogP contribution in [0.15, 0.2) is 70.5 Å². The van der Waals surface area contributed by atoms with Crippen LogP contribution >= 0.6 is 22.6 Å². The molecule has 2 saturated heterocycles. The first-order valence-corrected chi connectivity index (χ1v) is 36.8. The maximum Gasteiger partial charge on any atom is 0.410 e. The van der Waals surface area contributed by atoms with Gasteiger partial charge in [0.25, 0.3) is 22.9 Å². The van der Waals surface area contributed by atoms with E-state index in [9.17, 15) is 19.2 Å². The van der Waals surface area contributed by atoms with E-state index in [1.54, 1.807) is 101 Å². The number of rotatable bonds is 7. The van der Waals surface area contributed by atoms with Crippen LogP contribution in [0.2, 0.25) is 0 Å². The van der Waals surface area contributed by atoms with Crippen LogP contribution in [0.1, 0.15) is 153 Å². The van der Waals surface area contributed by atoms with Gasteiger partial charge in [-0.1, -0.05) is 39.8 Å². The van der Waals surface area contributed by atoms with Crippen LogP contribution in [0.25, 0.3) is 77.2 Å². The Kier molecular flexibility index (Phi) is 18.1. The van der Waals surface area contributed by atoms with E-state index in [2.05, 4.69) is 53.0 Å². The zero-order valence-electron chi connectivity index (χ0n) is 62.6. The third-order valence-electron chi connectivity index (χ3n) is 21.0. The molecule has 0 unspecified atom stereocenters. The van der Waals surface area contributed by atoms with Gasteiger partial charge in [0.1, 0.15) is 50.0 Å². The summed E-state index contributed by atoms with van der Waals surface area (Å²) >= 11 is 2.06. The fourth-order valence-electron chi connectivity index (χ4n) is 15.9. The third kappa shape index (κ3) is 11.8. The van der Waals surface area contributed by atoms with Gasteiger partial charge in [0.2, 0.25) is 0 Å². The highest BCUT2D eigenvalue weighted by Gasteiger charge is 2.50. The molecule has 5 aliphatic rings. The van der Waals surface area contributed by atoms with Gasteiger partial charge in [-0.3, -0.25) is 48.5 Å². The lowest BCUT2D eigenvalue weighted by atomic mass is 9.91. The molecular weight excluding hydrogens is 1480 g/mol. The number of nitrogens with zero attached hydrogens (tertiary/aromatic N) is 12. The summed E-state index contributed by atoms with van der Waals surface area (Å²) in [5.74, 6) is -4.48. The SMILES string of the molecule is Cc1ccnc(C(C)C)c1-n1c(=O)c2c(c3cc(F)c(-c4c(C)ccc5n[nH]c(C6CC6)c45)c(F)c31)N1C[C@@H](C)N(C(=O)OC(C)(C)C)C[C@@H]1C(=O)N2C.Cc1ccnc(C(C)C)c1-n1c(=O)c2c(c3cc(F)c(-c4c(C)ccc5n[nH]c(I)c45)c(F)c31)N1C[C@@H](C)N(C(=O)OC(C)(C)C)C[C@@H]1C(=O)N2C. The van der Waals surface area contributed by atoms with Crippen molar-refractivity contribution in [3.05, 3.63) is 148 Å². The van der Waals surface area contributed by atoms with Gasteiger partial charge in [0.15, 0.2) is 11.6 Å². The Morgan fingerprint density at radius 2 is 0.934 bits per heavy atom. The monoisotopic (exact) mass is 1560 g/mol. The van der Waals surface area contributed by atoms with E-state index in [0.717, 1.165) is 18.5 Å². The fourth-order valence-corrected chi connectivity index (χ4v) is 16.6. The van der Waals surface area contributed by atoms with E-state index < -0.39 is 93.8 Å². The number of aromatic nitrogens is 8. The first kappa shape index (κ1) is 73.0. The average Bonchev–Trinajstić information content (AvgIpc) is 0.927. The molecule has 10 heterocycles. The second-order valence-electron chi connectivity index (χ2n) is 31.4. The zero-order chi connectivity index (χ0) is 76.4. The van der Waals surface area contributed by atoms with Crippen molar-refractivity contribution in [3.8, 4) is 33.6 Å². The molecule has 554 valence electrons. The van der Waals surface area contributed by atoms with Crippen molar-refractivity contribution in [1.82, 2.24) is 49.3 Å². The number of aromatic amines is 2. The van der Waals surface area contributed by atoms with Crippen molar-refractivity contribution in [1.29, 1.82) is 0 Å². The van der Waals surface area contributed by atoms with Crippen LogP contribution in [0, 0.1) is 54.7 Å². The number of ether oxygens (including phenoxy) is 2. The minimum absolute atomic E-state index is 0.00434. The van der Waals surface area contributed by atoms with Crippen molar-refractivity contribution in [2.45, 2.75) is 177 Å². The number of pyridine rings is 4. The minimum atomic E-state index is -0.944. The van der Waals surface area contributed by atoms with Crippen LogP contribution in [-0.2, 0) is 19.1 Å². The standard InChI is InChI=1S/C41H45F2N7O4.C38H40F2IN7O4/c1-19(2)32-34(21(4)14-15-44-32)50-35-24(16-25(42)29(31(35)43)28-20(3)10-13-26-30(28)33(46-45-26)23-11-12-23)36-37(39(50)52)47(9)38(51)27-18-48(22(5)17-49(27)36)40(53)54-41(6,7)8;1-17(2)29-30(19(4)12-13-42-29)48-31-21(14-22(39)26(28(31)40)25-18(3)10-11-23-27(25)34(41)44-43-23)32-33(36(48)50)45(9)35(49)24-16-46(20(5)15-47(24)32)37(51)52-38(6,7)8/h10,13-16,19,22-23,27H,11-12,17-18H2,1-9H3,(H,45,46);10-14,17,20,24H,15-16H2,1-9H3,(H,43,44)/t22-,27-;20-,24-/m11/s1. The first-order valence-electron chi connectivity index (χ1n) is 35.7. The second kappa shape index (κ2) is 26.2.